The molecule has 55 heavy (non-hydrogen) atoms. The van der Waals surface area contributed by atoms with Crippen molar-refractivity contribution in [1.82, 2.24) is 9.97 Å². The summed E-state index contributed by atoms with van der Waals surface area (Å²) in [6, 6.07) is 64.3. The second kappa shape index (κ2) is 14.6. The van der Waals surface area contributed by atoms with E-state index in [2.05, 4.69) is 113 Å². The van der Waals surface area contributed by atoms with Crippen LogP contribution >= 0.6 is 0 Å². The van der Waals surface area contributed by atoms with Crippen LogP contribution in [0.3, 0.4) is 0 Å². The molecular formula is C50H30IrN2O2-2. The van der Waals surface area contributed by atoms with Gasteiger partial charge in [-0.15, -0.1) is 71.3 Å². The first-order chi connectivity index (χ1) is 26.7. The fourth-order valence-electron chi connectivity index (χ4n) is 7.23. The van der Waals surface area contributed by atoms with Gasteiger partial charge < -0.3 is 18.8 Å². The van der Waals surface area contributed by atoms with E-state index in [-0.39, 0.29) is 20.1 Å². The molecule has 0 spiro atoms. The second-order valence-electron chi connectivity index (χ2n) is 13.2. The van der Waals surface area contributed by atoms with Gasteiger partial charge in [0, 0.05) is 60.1 Å². The van der Waals surface area contributed by atoms with Crippen LogP contribution in [-0.4, -0.2) is 9.97 Å². The van der Waals surface area contributed by atoms with E-state index in [1.165, 1.54) is 21.9 Å². The Hall–Kier alpha value is -6.65. The van der Waals surface area contributed by atoms with Crippen LogP contribution in [0.15, 0.2) is 191 Å². The Kier molecular flexibility index (Phi) is 9.09. The van der Waals surface area contributed by atoms with Crippen molar-refractivity contribution in [2.24, 2.45) is 0 Å². The van der Waals surface area contributed by atoms with Crippen LogP contribution in [0.1, 0.15) is 0 Å². The molecule has 0 unspecified atom stereocenters. The van der Waals surface area contributed by atoms with Crippen molar-refractivity contribution in [3.05, 3.63) is 194 Å². The zero-order valence-corrected chi connectivity index (χ0v) is 31.8. The van der Waals surface area contributed by atoms with Crippen LogP contribution in [0.25, 0.3) is 99.4 Å². The van der Waals surface area contributed by atoms with Crippen LogP contribution in [0, 0.1) is 12.1 Å². The number of furan rings is 2. The van der Waals surface area contributed by atoms with Crippen molar-refractivity contribution in [2.75, 3.05) is 0 Å². The predicted octanol–water partition coefficient (Wildman–Crippen LogP) is 13.4. The standard InChI is InChI=1S/C35H20NO2.C15H10N.Ir/c1-2-7-22(8-3-1)24-12-14-32-27(18-24)29-20-30-28-19-25(13-15-33(28)38-35(30)21-34(29)37-32)23-9-6-10-26(17-23)31-11-4-5-16-36-31;1-2-7-13(8-3-1)15-14-9-5-4-6-12(14)10-11-16-15;/h1-9,11-21H;1-7,9-11H;/q2*-1;. The van der Waals surface area contributed by atoms with Gasteiger partial charge in [0.05, 0.1) is 0 Å². The Bertz CT molecular complexity index is 3090. The minimum Gasteiger partial charge on any atom is -0.456 e. The third-order valence-corrected chi connectivity index (χ3v) is 9.88. The molecule has 0 saturated heterocycles. The van der Waals surface area contributed by atoms with Crippen LogP contribution in [0.5, 0.6) is 0 Å². The summed E-state index contributed by atoms with van der Waals surface area (Å²) in [6.45, 7) is 0. The number of hydrogen-bond acceptors (Lipinski definition) is 4. The molecule has 0 aliphatic carbocycles. The maximum Gasteiger partial charge on any atom is 0.139 e. The van der Waals surface area contributed by atoms with Crippen molar-refractivity contribution < 1.29 is 28.9 Å². The average Bonchev–Trinajstić information content (AvgIpc) is 3.80. The number of rotatable bonds is 4. The summed E-state index contributed by atoms with van der Waals surface area (Å²) in [6.07, 6.45) is 3.65. The molecular weight excluding hydrogens is 853 g/mol. The molecule has 4 heterocycles. The van der Waals surface area contributed by atoms with E-state index in [9.17, 15) is 0 Å². The minimum atomic E-state index is 0. The molecule has 263 valence electrons. The van der Waals surface area contributed by atoms with Gasteiger partial charge >= 0.3 is 0 Å². The van der Waals surface area contributed by atoms with Gasteiger partial charge in [0.2, 0.25) is 0 Å². The average molecular weight is 883 g/mol. The van der Waals surface area contributed by atoms with Gasteiger partial charge in [0.15, 0.2) is 0 Å². The first-order valence-electron chi connectivity index (χ1n) is 17.9. The summed E-state index contributed by atoms with van der Waals surface area (Å²) in [7, 11) is 0. The molecule has 11 rings (SSSR count). The van der Waals surface area contributed by atoms with Crippen LogP contribution in [-0.2, 0) is 20.1 Å². The molecule has 1 radical (unpaired) electrons. The maximum absolute atomic E-state index is 6.26. The Morgan fingerprint density at radius 3 is 1.76 bits per heavy atom. The summed E-state index contributed by atoms with van der Waals surface area (Å²) in [5, 5.41) is 6.74. The first kappa shape index (κ1) is 34.1. The Labute approximate surface area is 331 Å². The third-order valence-electron chi connectivity index (χ3n) is 9.88. The number of benzene rings is 7. The van der Waals surface area contributed by atoms with Gasteiger partial charge in [0.25, 0.3) is 0 Å². The van der Waals surface area contributed by atoms with E-state index in [4.69, 9.17) is 8.83 Å². The van der Waals surface area contributed by atoms with Crippen molar-refractivity contribution in [3.63, 3.8) is 0 Å². The molecule has 0 atom stereocenters. The van der Waals surface area contributed by atoms with E-state index in [0.717, 1.165) is 77.5 Å². The van der Waals surface area contributed by atoms with Crippen molar-refractivity contribution >= 4 is 54.6 Å². The molecule has 5 heteroatoms. The van der Waals surface area contributed by atoms with E-state index in [1.807, 2.05) is 91.3 Å². The molecule has 0 N–H and O–H groups in total. The van der Waals surface area contributed by atoms with E-state index < -0.39 is 0 Å². The molecule has 0 bridgehead atoms. The van der Waals surface area contributed by atoms with Crippen LogP contribution < -0.4 is 0 Å². The Morgan fingerprint density at radius 1 is 0.382 bits per heavy atom. The number of aromatic nitrogens is 2. The second-order valence-corrected chi connectivity index (χ2v) is 13.2. The molecule has 7 aromatic carbocycles. The predicted molar refractivity (Wildman–Crippen MR) is 220 cm³/mol. The molecule has 0 amide bonds. The molecule has 11 aromatic rings. The fraction of sp³-hybridized carbons (Fsp3) is 0. The number of fused-ring (bicyclic) bond motifs is 7. The zero-order chi connectivity index (χ0) is 35.8. The third kappa shape index (κ3) is 6.51. The quantitative estimate of drug-likeness (QED) is 0.165. The summed E-state index contributed by atoms with van der Waals surface area (Å²) < 4.78 is 12.5. The fourth-order valence-corrected chi connectivity index (χ4v) is 7.23. The van der Waals surface area contributed by atoms with Crippen molar-refractivity contribution in [2.45, 2.75) is 0 Å². The van der Waals surface area contributed by atoms with Gasteiger partial charge in [-0.2, -0.15) is 0 Å². The number of nitrogens with zero attached hydrogens (tertiary/aromatic N) is 2. The van der Waals surface area contributed by atoms with Crippen LogP contribution in [0.2, 0.25) is 0 Å². The van der Waals surface area contributed by atoms with Crippen LogP contribution in [0.4, 0.5) is 0 Å². The summed E-state index contributed by atoms with van der Waals surface area (Å²) >= 11 is 0. The smallest absolute Gasteiger partial charge is 0.139 e. The molecule has 0 aliphatic heterocycles. The summed E-state index contributed by atoms with van der Waals surface area (Å²) in [4.78, 5) is 8.93. The zero-order valence-electron chi connectivity index (χ0n) is 29.4. The Balaban J connectivity index is 0.000000196. The summed E-state index contributed by atoms with van der Waals surface area (Å²) in [5.74, 6) is 0. The van der Waals surface area contributed by atoms with E-state index >= 15 is 0 Å². The van der Waals surface area contributed by atoms with Gasteiger partial charge in [-0.05, 0) is 81.3 Å². The van der Waals surface area contributed by atoms with Gasteiger partial charge in [0.1, 0.15) is 22.3 Å². The number of hydrogen-bond donors (Lipinski definition) is 0. The minimum absolute atomic E-state index is 0. The van der Waals surface area contributed by atoms with E-state index in [0.29, 0.717) is 0 Å². The van der Waals surface area contributed by atoms with Crippen molar-refractivity contribution in [1.29, 1.82) is 0 Å². The summed E-state index contributed by atoms with van der Waals surface area (Å²) in [5.41, 5.74) is 11.9. The van der Waals surface area contributed by atoms with Gasteiger partial charge in [-0.25, -0.2) is 0 Å². The Morgan fingerprint density at radius 2 is 1.04 bits per heavy atom. The molecule has 4 aromatic heterocycles. The SMILES string of the molecule is [Ir].[c-]1ccc(-c2ccc3oc4cc5oc6ccc(-c7ccccc7)cc6c5cc4c3c2)cc1-c1ccccn1.[c-]1ccccc1-c1nccc2ccccc12. The van der Waals surface area contributed by atoms with Gasteiger partial charge in [-0.1, -0.05) is 78.9 Å². The topological polar surface area (TPSA) is 52.1 Å². The molecule has 0 fully saturated rings. The number of pyridine rings is 2. The molecule has 0 saturated carbocycles. The van der Waals surface area contributed by atoms with E-state index in [1.54, 1.807) is 0 Å². The monoisotopic (exact) mass is 883 g/mol. The van der Waals surface area contributed by atoms with Gasteiger partial charge in [-0.3, -0.25) is 0 Å². The molecule has 0 aliphatic rings. The normalized spacial score (nSPS) is 11.1. The first-order valence-corrected chi connectivity index (χ1v) is 17.9. The maximum atomic E-state index is 6.26. The van der Waals surface area contributed by atoms with Crippen molar-refractivity contribution in [3.8, 4) is 44.8 Å². The molecule has 4 nitrogen and oxygen atoms in total. The largest absolute Gasteiger partial charge is 0.456 e.